The fourth-order valence-electron chi connectivity index (χ4n) is 4.44. The van der Waals surface area contributed by atoms with Crippen LogP contribution >= 0.6 is 0 Å². The van der Waals surface area contributed by atoms with E-state index in [2.05, 4.69) is 26.0 Å². The molecule has 1 aliphatic rings. The highest BCUT2D eigenvalue weighted by Gasteiger charge is 2.35. The zero-order chi connectivity index (χ0) is 23.3. The van der Waals surface area contributed by atoms with Gasteiger partial charge in [0.15, 0.2) is 0 Å². The second kappa shape index (κ2) is 20.3. The van der Waals surface area contributed by atoms with Gasteiger partial charge in [-0.1, -0.05) is 90.2 Å². The van der Waals surface area contributed by atoms with Crippen LogP contribution in [0.15, 0.2) is 12.2 Å². The number of ether oxygens (including phenoxy) is 2. The fraction of sp³-hybridized carbons (Fsp3) is 0.857. The minimum atomic E-state index is -0.362. The zero-order valence-corrected chi connectivity index (χ0v) is 21.1. The summed E-state index contributed by atoms with van der Waals surface area (Å²) in [6.07, 6.45) is 23.5. The van der Waals surface area contributed by atoms with Crippen molar-refractivity contribution in [2.24, 2.45) is 11.8 Å². The van der Waals surface area contributed by atoms with Gasteiger partial charge in [0.2, 0.25) is 0 Å². The number of carbonyl (C=O) groups is 2. The normalized spacial score (nSPS) is 20.4. The van der Waals surface area contributed by atoms with E-state index >= 15 is 0 Å². The molecule has 0 fully saturated rings. The Morgan fingerprint density at radius 1 is 0.625 bits per heavy atom. The monoisotopic (exact) mass is 450 g/mol. The van der Waals surface area contributed by atoms with E-state index in [-0.39, 0.29) is 23.8 Å². The Kier molecular flexibility index (Phi) is 18.2. The molecule has 4 nitrogen and oxygen atoms in total. The SMILES string of the molecule is CCCCCCCCOC(=O)C1CCC/C=C\CCCC1C(=O)OCCCCCCCC. The predicted molar refractivity (Wildman–Crippen MR) is 132 cm³/mol. The molecule has 0 amide bonds. The summed E-state index contributed by atoms with van der Waals surface area (Å²) in [4.78, 5) is 25.9. The minimum Gasteiger partial charge on any atom is -0.465 e. The van der Waals surface area contributed by atoms with Gasteiger partial charge in [0, 0.05) is 0 Å². The molecule has 0 aliphatic heterocycles. The molecule has 0 aromatic rings. The molecule has 0 heterocycles. The van der Waals surface area contributed by atoms with Crippen LogP contribution in [0.5, 0.6) is 0 Å². The molecule has 0 aromatic carbocycles. The lowest BCUT2D eigenvalue weighted by atomic mass is 9.83. The molecule has 0 radical (unpaired) electrons. The number of hydrogen-bond acceptors (Lipinski definition) is 4. The highest BCUT2D eigenvalue weighted by molar-refractivity contribution is 5.82. The van der Waals surface area contributed by atoms with Gasteiger partial charge in [-0.3, -0.25) is 9.59 Å². The lowest BCUT2D eigenvalue weighted by molar-refractivity contribution is -0.161. The highest BCUT2D eigenvalue weighted by Crippen LogP contribution is 2.28. The van der Waals surface area contributed by atoms with Crippen molar-refractivity contribution in [1.82, 2.24) is 0 Å². The summed E-state index contributed by atoms with van der Waals surface area (Å²) in [5, 5.41) is 0. The van der Waals surface area contributed by atoms with E-state index in [1.54, 1.807) is 0 Å². The first-order valence-electron chi connectivity index (χ1n) is 13.7. The fourth-order valence-corrected chi connectivity index (χ4v) is 4.44. The van der Waals surface area contributed by atoms with Crippen molar-refractivity contribution in [3.8, 4) is 0 Å². The number of rotatable bonds is 16. The van der Waals surface area contributed by atoms with Crippen molar-refractivity contribution < 1.29 is 19.1 Å². The second-order valence-corrected chi connectivity index (χ2v) is 9.42. The lowest BCUT2D eigenvalue weighted by Gasteiger charge is -2.25. The molecule has 0 saturated heterocycles. The Bertz CT molecular complexity index is 456. The molecule has 2 unspecified atom stereocenters. The average Bonchev–Trinajstić information content (AvgIpc) is 2.80. The van der Waals surface area contributed by atoms with Gasteiger partial charge in [-0.2, -0.15) is 0 Å². The summed E-state index contributed by atoms with van der Waals surface area (Å²) in [6, 6.07) is 0. The second-order valence-electron chi connectivity index (χ2n) is 9.42. The molecule has 4 heteroatoms. The van der Waals surface area contributed by atoms with Gasteiger partial charge in [0.1, 0.15) is 0 Å². The molecule has 0 aromatic heterocycles. The van der Waals surface area contributed by atoms with E-state index in [1.165, 1.54) is 51.4 Å². The van der Waals surface area contributed by atoms with Crippen LogP contribution < -0.4 is 0 Å². The van der Waals surface area contributed by atoms with Gasteiger partial charge in [-0.25, -0.2) is 0 Å². The van der Waals surface area contributed by atoms with E-state index in [0.717, 1.165) is 51.4 Å². The van der Waals surface area contributed by atoms with Gasteiger partial charge in [0.25, 0.3) is 0 Å². The summed E-state index contributed by atoms with van der Waals surface area (Å²) in [7, 11) is 0. The number of esters is 2. The van der Waals surface area contributed by atoms with Gasteiger partial charge >= 0.3 is 11.9 Å². The van der Waals surface area contributed by atoms with Crippen LogP contribution in [0.1, 0.15) is 129 Å². The van der Waals surface area contributed by atoms with Gasteiger partial charge in [-0.15, -0.1) is 0 Å². The topological polar surface area (TPSA) is 52.6 Å². The first kappa shape index (κ1) is 28.7. The third-order valence-electron chi connectivity index (χ3n) is 6.51. The van der Waals surface area contributed by atoms with E-state index in [9.17, 15) is 9.59 Å². The lowest BCUT2D eigenvalue weighted by Crippen LogP contribution is -2.33. The zero-order valence-electron chi connectivity index (χ0n) is 21.1. The molecule has 0 N–H and O–H groups in total. The van der Waals surface area contributed by atoms with Crippen LogP contribution in [0.25, 0.3) is 0 Å². The molecule has 1 aliphatic carbocycles. The Hall–Kier alpha value is -1.32. The van der Waals surface area contributed by atoms with Crippen LogP contribution in [0.2, 0.25) is 0 Å². The highest BCUT2D eigenvalue weighted by atomic mass is 16.5. The molecule has 0 spiro atoms. The van der Waals surface area contributed by atoms with Crippen LogP contribution in [0.4, 0.5) is 0 Å². The summed E-state index contributed by atoms with van der Waals surface area (Å²) >= 11 is 0. The van der Waals surface area contributed by atoms with E-state index < -0.39 is 0 Å². The summed E-state index contributed by atoms with van der Waals surface area (Å²) < 4.78 is 11.3. The largest absolute Gasteiger partial charge is 0.465 e. The molecule has 0 bridgehead atoms. The molecule has 186 valence electrons. The maximum Gasteiger partial charge on any atom is 0.309 e. The maximum absolute atomic E-state index is 12.9. The molecule has 32 heavy (non-hydrogen) atoms. The third kappa shape index (κ3) is 14.0. The van der Waals surface area contributed by atoms with E-state index in [4.69, 9.17) is 9.47 Å². The Morgan fingerprint density at radius 2 is 1.00 bits per heavy atom. The molecule has 1 rings (SSSR count). The first-order valence-corrected chi connectivity index (χ1v) is 13.7. The number of allylic oxidation sites excluding steroid dienone is 2. The molecule has 0 saturated carbocycles. The van der Waals surface area contributed by atoms with Crippen LogP contribution in [-0.4, -0.2) is 25.2 Å². The van der Waals surface area contributed by atoms with Crippen LogP contribution in [0.3, 0.4) is 0 Å². The van der Waals surface area contributed by atoms with Crippen molar-refractivity contribution in [2.45, 2.75) is 129 Å². The summed E-state index contributed by atoms with van der Waals surface area (Å²) in [5.41, 5.74) is 0. The van der Waals surface area contributed by atoms with Crippen LogP contribution in [-0.2, 0) is 19.1 Å². The number of carbonyl (C=O) groups excluding carboxylic acids is 2. The van der Waals surface area contributed by atoms with Gasteiger partial charge in [-0.05, 0) is 51.4 Å². The molecular weight excluding hydrogens is 400 g/mol. The number of unbranched alkanes of at least 4 members (excludes halogenated alkanes) is 10. The van der Waals surface area contributed by atoms with Crippen molar-refractivity contribution in [1.29, 1.82) is 0 Å². The third-order valence-corrected chi connectivity index (χ3v) is 6.51. The standard InChI is InChI=1S/C28H50O4/c1-3-5-7-9-15-19-23-31-27(29)25-21-17-13-11-12-14-18-22-26(25)28(30)32-24-20-16-10-8-6-4-2/h11-12,25-26H,3-10,13-24H2,1-2H3/b12-11-. The van der Waals surface area contributed by atoms with Crippen LogP contribution in [0, 0.1) is 11.8 Å². The first-order chi connectivity index (χ1) is 15.7. The molecule has 2 atom stereocenters. The average molecular weight is 451 g/mol. The van der Waals surface area contributed by atoms with Crippen molar-refractivity contribution in [3.63, 3.8) is 0 Å². The van der Waals surface area contributed by atoms with E-state index in [1.807, 2.05) is 0 Å². The van der Waals surface area contributed by atoms with Crippen molar-refractivity contribution in [2.75, 3.05) is 13.2 Å². The Morgan fingerprint density at radius 3 is 1.41 bits per heavy atom. The van der Waals surface area contributed by atoms with Gasteiger partial charge < -0.3 is 9.47 Å². The van der Waals surface area contributed by atoms with Crippen molar-refractivity contribution in [3.05, 3.63) is 12.2 Å². The van der Waals surface area contributed by atoms with Crippen molar-refractivity contribution >= 4 is 11.9 Å². The van der Waals surface area contributed by atoms with E-state index in [0.29, 0.717) is 26.1 Å². The smallest absolute Gasteiger partial charge is 0.309 e. The summed E-state index contributed by atoms with van der Waals surface area (Å²) in [5.74, 6) is -1.11. The molecular formula is C28H50O4. The Labute approximate surface area is 197 Å². The summed E-state index contributed by atoms with van der Waals surface area (Å²) in [6.45, 7) is 5.37. The number of hydrogen-bond donors (Lipinski definition) is 0. The minimum absolute atomic E-state index is 0.190. The quantitative estimate of drug-likeness (QED) is 0.136. The van der Waals surface area contributed by atoms with Gasteiger partial charge in [0.05, 0.1) is 25.0 Å². The maximum atomic E-state index is 12.9. The predicted octanol–water partition coefficient (Wildman–Crippen LogP) is 7.94. The Balaban J connectivity index is 2.51.